The lowest BCUT2D eigenvalue weighted by Crippen LogP contribution is -2.35. The number of nitrogens with one attached hydrogen (secondary N) is 1. The molecule has 2 atom stereocenters. The van der Waals surface area contributed by atoms with Gasteiger partial charge < -0.3 is 10.4 Å². The lowest BCUT2D eigenvalue weighted by atomic mass is 9.94. The fraction of sp³-hybridized carbons (Fsp3) is 0.263. The number of rotatable bonds is 7. The van der Waals surface area contributed by atoms with E-state index < -0.39 is 28.8 Å². The third-order valence-corrected chi connectivity index (χ3v) is 4.26. The predicted octanol–water partition coefficient (Wildman–Crippen LogP) is 3.35. The summed E-state index contributed by atoms with van der Waals surface area (Å²) >= 11 is 0. The monoisotopic (exact) mass is 356 g/mol. The molecule has 0 spiro atoms. The summed E-state index contributed by atoms with van der Waals surface area (Å²) in [5.74, 6) is -2.48. The molecule has 0 radical (unpaired) electrons. The molecular weight excluding hydrogens is 336 g/mol. The summed E-state index contributed by atoms with van der Waals surface area (Å²) in [5.41, 5.74) is 1.18. The van der Waals surface area contributed by atoms with E-state index in [1.807, 2.05) is 0 Å². The zero-order chi connectivity index (χ0) is 19.3. The van der Waals surface area contributed by atoms with Crippen molar-refractivity contribution in [3.63, 3.8) is 0 Å². The molecule has 0 bridgehead atoms. The van der Waals surface area contributed by atoms with Crippen molar-refractivity contribution in [1.82, 2.24) is 5.32 Å². The van der Waals surface area contributed by atoms with Gasteiger partial charge in [0.2, 0.25) is 0 Å². The highest BCUT2D eigenvalue weighted by atomic mass is 16.6. The molecule has 0 fully saturated rings. The minimum atomic E-state index is -1.05. The van der Waals surface area contributed by atoms with Crippen molar-refractivity contribution in [3.8, 4) is 0 Å². The Morgan fingerprint density at radius 1 is 1.19 bits per heavy atom. The number of carbonyl (C=O) groups excluding carboxylic acids is 1. The van der Waals surface area contributed by atoms with Crippen molar-refractivity contribution in [2.24, 2.45) is 5.92 Å². The van der Waals surface area contributed by atoms with Gasteiger partial charge in [-0.15, -0.1) is 0 Å². The maximum Gasteiger partial charge on any atom is 0.308 e. The van der Waals surface area contributed by atoms with Crippen LogP contribution in [-0.4, -0.2) is 21.9 Å². The highest BCUT2D eigenvalue weighted by molar-refractivity contribution is 5.95. The van der Waals surface area contributed by atoms with Crippen LogP contribution < -0.4 is 5.32 Å². The van der Waals surface area contributed by atoms with Gasteiger partial charge in [-0.25, -0.2) is 0 Å². The van der Waals surface area contributed by atoms with E-state index in [0.717, 1.165) is 0 Å². The number of benzene rings is 2. The van der Waals surface area contributed by atoms with Crippen molar-refractivity contribution in [2.75, 3.05) is 0 Å². The number of aliphatic carboxylic acids is 1. The minimum Gasteiger partial charge on any atom is -0.481 e. The molecule has 0 aliphatic rings. The number of carbonyl (C=O) groups is 2. The maximum atomic E-state index is 12.6. The highest BCUT2D eigenvalue weighted by Gasteiger charge is 2.27. The van der Waals surface area contributed by atoms with Gasteiger partial charge in [-0.3, -0.25) is 19.7 Å². The lowest BCUT2D eigenvalue weighted by molar-refractivity contribution is -0.385. The zero-order valence-electron chi connectivity index (χ0n) is 14.5. The lowest BCUT2D eigenvalue weighted by Gasteiger charge is -2.23. The first-order valence-electron chi connectivity index (χ1n) is 8.21. The molecule has 0 saturated carbocycles. The number of aryl methyl sites for hydroxylation is 1. The van der Waals surface area contributed by atoms with Crippen molar-refractivity contribution in [3.05, 3.63) is 75.3 Å². The third kappa shape index (κ3) is 4.24. The Morgan fingerprint density at radius 3 is 2.38 bits per heavy atom. The SMILES string of the molecule is CCc1ccc(C(=O)NC(c2ccccc2)C(C)C(=O)O)cc1[N+](=O)[O-]. The van der Waals surface area contributed by atoms with Gasteiger partial charge >= 0.3 is 5.97 Å². The summed E-state index contributed by atoms with van der Waals surface area (Å²) < 4.78 is 0. The van der Waals surface area contributed by atoms with Gasteiger partial charge in [-0.05, 0) is 25.0 Å². The van der Waals surface area contributed by atoms with Crippen molar-refractivity contribution >= 4 is 17.6 Å². The Bertz CT molecular complexity index is 820. The maximum absolute atomic E-state index is 12.6. The number of carboxylic acids is 1. The van der Waals surface area contributed by atoms with Crippen LogP contribution in [0.5, 0.6) is 0 Å². The Labute approximate surface area is 150 Å². The largest absolute Gasteiger partial charge is 0.481 e. The number of carboxylic acid groups (broad SMARTS) is 1. The standard InChI is InChI=1S/C19H20N2O5/c1-3-13-9-10-15(11-16(13)21(25)26)18(22)20-17(12(2)19(23)24)14-7-5-4-6-8-14/h4-12,17H,3H2,1-2H3,(H,20,22)(H,23,24). The quantitative estimate of drug-likeness (QED) is 0.584. The normalized spacial score (nSPS) is 12.8. The smallest absolute Gasteiger partial charge is 0.308 e. The number of nitro benzene ring substituents is 1. The number of nitrogens with zero attached hydrogens (tertiary/aromatic N) is 1. The number of amides is 1. The molecule has 2 aromatic rings. The van der Waals surface area contributed by atoms with Crippen LogP contribution in [0.2, 0.25) is 0 Å². The van der Waals surface area contributed by atoms with Crippen LogP contribution in [0.15, 0.2) is 48.5 Å². The zero-order valence-corrected chi connectivity index (χ0v) is 14.5. The Balaban J connectivity index is 2.34. The number of hydrogen-bond donors (Lipinski definition) is 2. The molecular formula is C19H20N2O5. The fourth-order valence-electron chi connectivity index (χ4n) is 2.70. The summed E-state index contributed by atoms with van der Waals surface area (Å²) in [6, 6.07) is 12.3. The molecule has 1 amide bonds. The summed E-state index contributed by atoms with van der Waals surface area (Å²) in [6.45, 7) is 3.30. The molecule has 136 valence electrons. The van der Waals surface area contributed by atoms with Crippen molar-refractivity contribution in [2.45, 2.75) is 26.3 Å². The van der Waals surface area contributed by atoms with Crippen LogP contribution in [0.1, 0.15) is 41.4 Å². The molecule has 0 aromatic heterocycles. The van der Waals surface area contributed by atoms with Crippen molar-refractivity contribution < 1.29 is 19.6 Å². The first-order valence-corrected chi connectivity index (χ1v) is 8.21. The van der Waals surface area contributed by atoms with Crippen molar-refractivity contribution in [1.29, 1.82) is 0 Å². The summed E-state index contributed by atoms with van der Waals surface area (Å²) in [4.78, 5) is 34.7. The molecule has 2 N–H and O–H groups in total. The van der Waals surface area contributed by atoms with E-state index in [-0.39, 0.29) is 11.3 Å². The molecule has 7 heteroatoms. The summed E-state index contributed by atoms with van der Waals surface area (Å²) in [7, 11) is 0. The Hall–Kier alpha value is -3.22. The molecule has 0 heterocycles. The summed E-state index contributed by atoms with van der Waals surface area (Å²) in [6.07, 6.45) is 0.473. The average molecular weight is 356 g/mol. The second kappa shape index (κ2) is 8.24. The van der Waals surface area contributed by atoms with Crippen LogP contribution in [0, 0.1) is 16.0 Å². The van der Waals surface area contributed by atoms with Gasteiger partial charge in [0.25, 0.3) is 11.6 Å². The molecule has 2 unspecified atom stereocenters. The average Bonchev–Trinajstić information content (AvgIpc) is 2.65. The Morgan fingerprint density at radius 2 is 1.85 bits per heavy atom. The molecule has 2 aromatic carbocycles. The van der Waals surface area contributed by atoms with E-state index in [1.165, 1.54) is 19.1 Å². The van der Waals surface area contributed by atoms with Crippen LogP contribution in [0.3, 0.4) is 0 Å². The number of hydrogen-bond acceptors (Lipinski definition) is 4. The van der Waals surface area contributed by atoms with Crippen LogP contribution in [-0.2, 0) is 11.2 Å². The second-order valence-corrected chi connectivity index (χ2v) is 5.94. The first kappa shape index (κ1) is 19.1. The highest BCUT2D eigenvalue weighted by Crippen LogP contribution is 2.25. The van der Waals surface area contributed by atoms with Crippen LogP contribution in [0.4, 0.5) is 5.69 Å². The second-order valence-electron chi connectivity index (χ2n) is 5.94. The van der Waals surface area contributed by atoms with E-state index >= 15 is 0 Å². The van der Waals surface area contributed by atoms with E-state index in [1.54, 1.807) is 43.3 Å². The van der Waals surface area contributed by atoms with E-state index in [4.69, 9.17) is 0 Å². The Kier molecular flexibility index (Phi) is 6.06. The van der Waals surface area contributed by atoms with E-state index in [0.29, 0.717) is 17.5 Å². The van der Waals surface area contributed by atoms with Gasteiger partial charge in [0.15, 0.2) is 0 Å². The molecule has 0 saturated heterocycles. The van der Waals surface area contributed by atoms with Gasteiger partial charge in [-0.1, -0.05) is 43.3 Å². The molecule has 0 aliphatic heterocycles. The molecule has 2 rings (SSSR count). The van der Waals surface area contributed by atoms with Crippen LogP contribution >= 0.6 is 0 Å². The summed E-state index contributed by atoms with van der Waals surface area (Å²) in [5, 5.41) is 23.2. The fourth-order valence-corrected chi connectivity index (χ4v) is 2.70. The van der Waals surface area contributed by atoms with Gasteiger partial charge in [-0.2, -0.15) is 0 Å². The number of nitro groups is 1. The van der Waals surface area contributed by atoms with Gasteiger partial charge in [0.1, 0.15) is 0 Å². The van der Waals surface area contributed by atoms with Crippen LogP contribution in [0.25, 0.3) is 0 Å². The van der Waals surface area contributed by atoms with Gasteiger partial charge in [0, 0.05) is 17.2 Å². The van der Waals surface area contributed by atoms with E-state index in [9.17, 15) is 24.8 Å². The first-order chi connectivity index (χ1) is 12.3. The minimum absolute atomic E-state index is 0.118. The molecule has 0 aliphatic carbocycles. The van der Waals surface area contributed by atoms with E-state index in [2.05, 4.69) is 5.32 Å². The third-order valence-electron chi connectivity index (χ3n) is 4.26. The van der Waals surface area contributed by atoms with Gasteiger partial charge in [0.05, 0.1) is 16.9 Å². The molecule has 7 nitrogen and oxygen atoms in total. The topological polar surface area (TPSA) is 110 Å². The molecule has 26 heavy (non-hydrogen) atoms. The predicted molar refractivity (Wildman–Crippen MR) is 95.9 cm³/mol.